The Morgan fingerprint density at radius 2 is 2.06 bits per heavy atom. The first-order chi connectivity index (χ1) is 7.67. The lowest BCUT2D eigenvalue weighted by Gasteiger charge is -2.15. The molecule has 0 heterocycles. The molecule has 2 unspecified atom stereocenters. The second-order valence-corrected chi connectivity index (χ2v) is 4.33. The van der Waals surface area contributed by atoms with Gasteiger partial charge >= 0.3 is 0 Å². The minimum Gasteiger partial charge on any atom is -0.382 e. The number of rotatable bonds is 6. The van der Waals surface area contributed by atoms with E-state index in [0.29, 0.717) is 6.10 Å². The number of hydrogen-bond donors (Lipinski definition) is 1. The third kappa shape index (κ3) is 3.95. The Bertz CT molecular complexity index is 311. The molecule has 0 aliphatic carbocycles. The average Bonchev–Trinajstić information content (AvgIpc) is 2.35. The highest BCUT2D eigenvalue weighted by atomic mass is 16.5. The summed E-state index contributed by atoms with van der Waals surface area (Å²) in [6.45, 7) is 4.24. The number of ether oxygens (including phenoxy) is 1. The summed E-state index contributed by atoms with van der Waals surface area (Å²) < 4.78 is 5.23. The highest BCUT2D eigenvalue weighted by Crippen LogP contribution is 2.18. The minimum absolute atomic E-state index is 0.129. The summed E-state index contributed by atoms with van der Waals surface area (Å²) in [7, 11) is 1.74. The van der Waals surface area contributed by atoms with Crippen molar-refractivity contribution in [1.29, 1.82) is 0 Å². The van der Waals surface area contributed by atoms with Crippen LogP contribution in [0.2, 0.25) is 0 Å². The predicted octanol–water partition coefficient (Wildman–Crippen LogP) is 3.06. The Morgan fingerprint density at radius 3 is 2.69 bits per heavy atom. The van der Waals surface area contributed by atoms with Crippen molar-refractivity contribution in [3.63, 3.8) is 0 Å². The fourth-order valence-electron chi connectivity index (χ4n) is 1.74. The van der Waals surface area contributed by atoms with E-state index in [-0.39, 0.29) is 6.04 Å². The predicted molar refractivity (Wildman–Crippen MR) is 68.5 cm³/mol. The van der Waals surface area contributed by atoms with Crippen LogP contribution >= 0.6 is 0 Å². The van der Waals surface area contributed by atoms with Crippen molar-refractivity contribution in [1.82, 2.24) is 0 Å². The molecule has 0 aliphatic rings. The van der Waals surface area contributed by atoms with E-state index >= 15 is 0 Å². The van der Waals surface area contributed by atoms with Gasteiger partial charge in [-0.25, -0.2) is 0 Å². The van der Waals surface area contributed by atoms with Gasteiger partial charge in [-0.1, -0.05) is 31.2 Å². The zero-order valence-electron chi connectivity index (χ0n) is 10.6. The summed E-state index contributed by atoms with van der Waals surface area (Å²) in [5, 5.41) is 0. The fourth-order valence-corrected chi connectivity index (χ4v) is 1.74. The van der Waals surface area contributed by atoms with Crippen LogP contribution in [-0.2, 0) is 11.2 Å². The van der Waals surface area contributed by atoms with Gasteiger partial charge in [0.1, 0.15) is 0 Å². The second-order valence-electron chi connectivity index (χ2n) is 4.33. The molecule has 0 saturated heterocycles. The molecule has 2 atom stereocenters. The second kappa shape index (κ2) is 6.66. The van der Waals surface area contributed by atoms with Crippen molar-refractivity contribution in [3.8, 4) is 0 Å². The van der Waals surface area contributed by atoms with Gasteiger partial charge in [-0.05, 0) is 37.3 Å². The number of hydrogen-bond acceptors (Lipinski definition) is 2. The number of methoxy groups -OCH3 is 1. The molecule has 1 aromatic rings. The van der Waals surface area contributed by atoms with E-state index in [2.05, 4.69) is 38.1 Å². The van der Waals surface area contributed by atoms with Crippen LogP contribution in [0, 0.1) is 0 Å². The van der Waals surface area contributed by atoms with Gasteiger partial charge in [-0.2, -0.15) is 0 Å². The van der Waals surface area contributed by atoms with Gasteiger partial charge in [0.05, 0.1) is 6.10 Å². The summed E-state index contributed by atoms with van der Waals surface area (Å²) >= 11 is 0. The lowest BCUT2D eigenvalue weighted by atomic mass is 9.99. The summed E-state index contributed by atoms with van der Waals surface area (Å²) in [6.07, 6.45) is 3.34. The van der Waals surface area contributed by atoms with Crippen LogP contribution in [-0.4, -0.2) is 13.2 Å². The van der Waals surface area contributed by atoms with Gasteiger partial charge in [-0.3, -0.25) is 0 Å². The zero-order chi connectivity index (χ0) is 12.0. The molecule has 2 heteroatoms. The quantitative estimate of drug-likeness (QED) is 0.801. The van der Waals surface area contributed by atoms with Gasteiger partial charge in [0, 0.05) is 13.2 Å². The summed E-state index contributed by atoms with van der Waals surface area (Å²) in [5.41, 5.74) is 8.76. The minimum atomic E-state index is 0.129. The van der Waals surface area contributed by atoms with E-state index in [4.69, 9.17) is 10.5 Å². The molecular weight excluding hydrogens is 198 g/mol. The molecule has 1 rings (SSSR count). The van der Waals surface area contributed by atoms with E-state index in [1.165, 1.54) is 11.1 Å². The monoisotopic (exact) mass is 221 g/mol. The fraction of sp³-hybridized carbons (Fsp3) is 0.571. The molecule has 0 saturated carbocycles. The Hall–Kier alpha value is -0.860. The van der Waals surface area contributed by atoms with E-state index < -0.39 is 0 Å². The molecule has 0 fully saturated rings. The Morgan fingerprint density at radius 1 is 1.31 bits per heavy atom. The first kappa shape index (κ1) is 13.2. The van der Waals surface area contributed by atoms with E-state index in [1.807, 2.05) is 0 Å². The number of aryl methyl sites for hydroxylation is 1. The van der Waals surface area contributed by atoms with E-state index in [9.17, 15) is 0 Å². The van der Waals surface area contributed by atoms with Crippen molar-refractivity contribution in [2.45, 2.75) is 45.3 Å². The van der Waals surface area contributed by atoms with Gasteiger partial charge in [0.25, 0.3) is 0 Å². The van der Waals surface area contributed by atoms with Crippen LogP contribution in [0.1, 0.15) is 43.9 Å². The van der Waals surface area contributed by atoms with Gasteiger partial charge < -0.3 is 10.5 Å². The molecule has 90 valence electrons. The standard InChI is InChI=1S/C14H23NO/c1-4-12-6-5-7-13(10-12)14(15)9-8-11(2)16-3/h5-7,10-11,14H,4,8-9,15H2,1-3H3. The van der Waals surface area contributed by atoms with Crippen molar-refractivity contribution in [3.05, 3.63) is 35.4 Å². The molecule has 0 aromatic heterocycles. The SMILES string of the molecule is CCc1cccc(C(N)CCC(C)OC)c1. The average molecular weight is 221 g/mol. The van der Waals surface area contributed by atoms with E-state index in [0.717, 1.165) is 19.3 Å². The van der Waals surface area contributed by atoms with Crippen LogP contribution in [0.25, 0.3) is 0 Å². The largest absolute Gasteiger partial charge is 0.382 e. The molecule has 0 spiro atoms. The maximum absolute atomic E-state index is 6.17. The zero-order valence-corrected chi connectivity index (χ0v) is 10.6. The highest BCUT2D eigenvalue weighted by molar-refractivity contribution is 5.25. The van der Waals surface area contributed by atoms with Crippen LogP contribution < -0.4 is 5.73 Å². The normalized spacial score (nSPS) is 14.8. The first-order valence-electron chi connectivity index (χ1n) is 6.04. The Labute approximate surface area is 98.8 Å². The van der Waals surface area contributed by atoms with Gasteiger partial charge in [-0.15, -0.1) is 0 Å². The molecule has 16 heavy (non-hydrogen) atoms. The van der Waals surface area contributed by atoms with Crippen LogP contribution in [0.4, 0.5) is 0 Å². The summed E-state index contributed by atoms with van der Waals surface area (Å²) in [5.74, 6) is 0. The van der Waals surface area contributed by atoms with Crippen molar-refractivity contribution < 1.29 is 4.74 Å². The van der Waals surface area contributed by atoms with E-state index in [1.54, 1.807) is 7.11 Å². The number of nitrogens with two attached hydrogens (primary N) is 1. The van der Waals surface area contributed by atoms with Crippen LogP contribution in [0.15, 0.2) is 24.3 Å². The third-order valence-electron chi connectivity index (χ3n) is 3.07. The third-order valence-corrected chi connectivity index (χ3v) is 3.07. The first-order valence-corrected chi connectivity index (χ1v) is 6.04. The van der Waals surface area contributed by atoms with Crippen molar-refractivity contribution in [2.75, 3.05) is 7.11 Å². The maximum atomic E-state index is 6.17. The molecular formula is C14H23NO. The van der Waals surface area contributed by atoms with Crippen LogP contribution in [0.3, 0.4) is 0 Å². The Kier molecular flexibility index (Phi) is 5.50. The topological polar surface area (TPSA) is 35.2 Å². The van der Waals surface area contributed by atoms with Gasteiger partial charge in [0.15, 0.2) is 0 Å². The lowest BCUT2D eigenvalue weighted by Crippen LogP contribution is -2.14. The molecule has 0 amide bonds. The molecule has 1 aromatic carbocycles. The molecule has 2 N–H and O–H groups in total. The lowest BCUT2D eigenvalue weighted by molar-refractivity contribution is 0.107. The van der Waals surface area contributed by atoms with Crippen molar-refractivity contribution >= 4 is 0 Å². The molecule has 0 radical (unpaired) electrons. The summed E-state index contributed by atoms with van der Waals surface area (Å²) in [4.78, 5) is 0. The summed E-state index contributed by atoms with van der Waals surface area (Å²) in [6, 6.07) is 8.69. The van der Waals surface area contributed by atoms with Crippen LogP contribution in [0.5, 0.6) is 0 Å². The highest BCUT2D eigenvalue weighted by Gasteiger charge is 2.08. The molecule has 0 bridgehead atoms. The number of benzene rings is 1. The van der Waals surface area contributed by atoms with Gasteiger partial charge in [0.2, 0.25) is 0 Å². The van der Waals surface area contributed by atoms with Crippen molar-refractivity contribution in [2.24, 2.45) is 5.73 Å². The molecule has 0 aliphatic heterocycles. The Balaban J connectivity index is 2.54. The smallest absolute Gasteiger partial charge is 0.0543 e. The molecule has 2 nitrogen and oxygen atoms in total. The maximum Gasteiger partial charge on any atom is 0.0543 e.